The average Bonchev–Trinajstić information content (AvgIpc) is 2.96. The molecular weight excluding hydrogens is 405 g/mol. The summed E-state index contributed by atoms with van der Waals surface area (Å²) in [7, 11) is -3.88. The molecule has 0 aromatic carbocycles. The monoisotopic (exact) mass is 434 g/mol. The van der Waals surface area contributed by atoms with E-state index in [1.54, 1.807) is 13.2 Å². The van der Waals surface area contributed by atoms with Gasteiger partial charge in [-0.25, -0.2) is 0 Å². The minimum absolute atomic E-state index is 0.0127. The van der Waals surface area contributed by atoms with E-state index < -0.39 is 21.0 Å². The molecule has 164 valence electrons. The van der Waals surface area contributed by atoms with Gasteiger partial charge >= 0.3 is 15.6 Å². The Kier molecular flexibility index (Phi) is 4.93. The smallest absolute Gasteiger partial charge is 0.381 e. The van der Waals surface area contributed by atoms with Crippen molar-refractivity contribution in [2.75, 3.05) is 7.11 Å². The van der Waals surface area contributed by atoms with Crippen molar-refractivity contribution in [1.82, 2.24) is 0 Å². The Balaban J connectivity index is 1.58. The molecule has 2 fully saturated rings. The zero-order chi connectivity index (χ0) is 21.2. The zero-order valence-electron chi connectivity index (χ0n) is 17.1. The molecule has 0 saturated heterocycles. The van der Waals surface area contributed by atoms with Crippen molar-refractivity contribution in [3.63, 3.8) is 0 Å². The van der Waals surface area contributed by atoms with Gasteiger partial charge in [-0.15, -0.1) is 0 Å². The lowest BCUT2D eigenvalue weighted by molar-refractivity contribution is -0.0591. The molecule has 3 unspecified atom stereocenters. The van der Waals surface area contributed by atoms with Crippen molar-refractivity contribution >= 4 is 10.1 Å². The Morgan fingerprint density at radius 3 is 2.38 bits per heavy atom. The maximum atomic E-state index is 12.8. The highest BCUT2D eigenvalue weighted by Crippen LogP contribution is 2.65. The second-order valence-corrected chi connectivity index (χ2v) is 11.1. The lowest BCUT2D eigenvalue weighted by Crippen LogP contribution is -2.50. The molecule has 6 atom stereocenters. The fourth-order valence-corrected chi connectivity index (χ4v) is 7.24. The molecule has 0 bridgehead atoms. The highest BCUT2D eigenvalue weighted by molar-refractivity contribution is 7.87. The predicted molar refractivity (Wildman–Crippen MR) is 102 cm³/mol. The summed E-state index contributed by atoms with van der Waals surface area (Å²) in [4.78, 5) is 0. The van der Waals surface area contributed by atoms with Crippen LogP contribution >= 0.6 is 0 Å². The summed E-state index contributed by atoms with van der Waals surface area (Å²) in [6.07, 6.45) is 10.2. The summed E-state index contributed by atoms with van der Waals surface area (Å²) in [5, 5.41) is 0. The normalized spacial score (nSPS) is 42.3. The summed E-state index contributed by atoms with van der Waals surface area (Å²) in [5.41, 5.74) is -4.51. The van der Waals surface area contributed by atoms with Crippen molar-refractivity contribution in [1.29, 1.82) is 0 Å². The van der Waals surface area contributed by atoms with E-state index in [0.717, 1.165) is 32.1 Å². The van der Waals surface area contributed by atoms with Gasteiger partial charge in [0.15, 0.2) is 0 Å². The van der Waals surface area contributed by atoms with Gasteiger partial charge in [-0.1, -0.05) is 25.5 Å². The molecule has 4 aliphatic carbocycles. The molecule has 4 nitrogen and oxygen atoms in total. The van der Waals surface area contributed by atoms with Crippen LogP contribution < -0.4 is 0 Å². The van der Waals surface area contributed by atoms with E-state index in [-0.39, 0.29) is 23.2 Å². The number of allylic oxidation sites excluding steroid dienone is 3. The van der Waals surface area contributed by atoms with Crippen molar-refractivity contribution in [3.8, 4) is 0 Å². The largest absolute Gasteiger partial charge is 0.534 e. The number of methoxy groups -OCH3 is 1. The van der Waals surface area contributed by atoms with E-state index >= 15 is 0 Å². The van der Waals surface area contributed by atoms with Gasteiger partial charge in [-0.2, -0.15) is 21.6 Å². The summed E-state index contributed by atoms with van der Waals surface area (Å²) in [6.45, 7) is 4.21. The molecule has 29 heavy (non-hydrogen) atoms. The van der Waals surface area contributed by atoms with Crippen LogP contribution in [0.5, 0.6) is 0 Å². The van der Waals surface area contributed by atoms with Gasteiger partial charge in [0.25, 0.3) is 0 Å². The minimum Gasteiger partial charge on any atom is -0.381 e. The fourth-order valence-electron chi connectivity index (χ4n) is 6.65. The standard InChI is InChI=1S/C21H29F3O4S/c1-19-10-8-14(27-3)12-13(19)4-5-15-16-6-7-18(20(16,2)11-9-17(15)19)28-29(25,26)21(22,23)24/h4,7,14-17H,5-6,8-12H2,1-3H3/t14-,15?,16?,17?,19-,20-/m0/s1. The van der Waals surface area contributed by atoms with Gasteiger partial charge in [-0.3, -0.25) is 0 Å². The van der Waals surface area contributed by atoms with Gasteiger partial charge in [0.05, 0.1) is 6.10 Å². The Morgan fingerprint density at radius 2 is 1.72 bits per heavy atom. The van der Waals surface area contributed by atoms with E-state index in [0.29, 0.717) is 24.7 Å². The quantitative estimate of drug-likeness (QED) is 0.343. The van der Waals surface area contributed by atoms with Gasteiger partial charge in [-0.05, 0) is 74.2 Å². The first-order valence-electron chi connectivity index (χ1n) is 10.4. The van der Waals surface area contributed by atoms with Crippen molar-refractivity contribution in [2.24, 2.45) is 28.6 Å². The molecule has 4 aliphatic rings. The van der Waals surface area contributed by atoms with Gasteiger partial charge in [0, 0.05) is 12.5 Å². The fraction of sp³-hybridized carbons (Fsp3) is 0.810. The first-order valence-corrected chi connectivity index (χ1v) is 11.8. The second kappa shape index (κ2) is 6.74. The number of rotatable bonds is 3. The molecular formula is C21H29F3O4S. The van der Waals surface area contributed by atoms with E-state index in [1.807, 2.05) is 6.92 Å². The van der Waals surface area contributed by atoms with Gasteiger partial charge in [0.2, 0.25) is 0 Å². The Bertz CT molecular complexity index is 846. The summed E-state index contributed by atoms with van der Waals surface area (Å²) in [5.74, 6) is 0.883. The van der Waals surface area contributed by atoms with Crippen LogP contribution in [0.15, 0.2) is 23.5 Å². The average molecular weight is 435 g/mol. The maximum Gasteiger partial charge on any atom is 0.534 e. The van der Waals surface area contributed by atoms with E-state index in [9.17, 15) is 21.6 Å². The maximum absolute atomic E-state index is 12.8. The van der Waals surface area contributed by atoms with Crippen LogP contribution in [0.2, 0.25) is 0 Å². The van der Waals surface area contributed by atoms with Crippen molar-refractivity contribution in [3.05, 3.63) is 23.5 Å². The molecule has 0 aliphatic heterocycles. The number of halogens is 3. The molecule has 8 heteroatoms. The van der Waals surface area contributed by atoms with Crippen LogP contribution in [-0.4, -0.2) is 27.1 Å². The Hall–Kier alpha value is -1.02. The lowest BCUT2D eigenvalue weighted by atomic mass is 9.48. The van der Waals surface area contributed by atoms with Crippen LogP contribution in [0.4, 0.5) is 13.2 Å². The van der Waals surface area contributed by atoms with Crippen LogP contribution in [0.3, 0.4) is 0 Å². The molecule has 0 N–H and O–H groups in total. The first-order chi connectivity index (χ1) is 13.4. The Morgan fingerprint density at radius 1 is 1.03 bits per heavy atom. The topological polar surface area (TPSA) is 52.6 Å². The third-order valence-electron chi connectivity index (χ3n) is 8.38. The van der Waals surface area contributed by atoms with E-state index in [2.05, 4.69) is 17.2 Å². The molecule has 2 saturated carbocycles. The molecule has 0 aromatic heterocycles. The third kappa shape index (κ3) is 3.16. The molecule has 0 amide bonds. The summed E-state index contributed by atoms with van der Waals surface area (Å²) < 4.78 is 72.0. The molecule has 0 heterocycles. The summed E-state index contributed by atoms with van der Waals surface area (Å²) in [6, 6.07) is 0. The highest BCUT2D eigenvalue weighted by Gasteiger charge is 2.59. The van der Waals surface area contributed by atoms with Gasteiger partial charge < -0.3 is 8.92 Å². The number of hydrogen-bond acceptors (Lipinski definition) is 4. The predicted octanol–water partition coefficient (Wildman–Crippen LogP) is 5.32. The zero-order valence-corrected chi connectivity index (χ0v) is 17.9. The lowest BCUT2D eigenvalue weighted by Gasteiger charge is -2.57. The van der Waals surface area contributed by atoms with Gasteiger partial charge in [0.1, 0.15) is 5.76 Å². The summed E-state index contributed by atoms with van der Waals surface area (Å²) >= 11 is 0. The van der Waals surface area contributed by atoms with Crippen molar-refractivity contribution in [2.45, 2.75) is 70.4 Å². The molecule has 4 rings (SSSR count). The third-order valence-corrected chi connectivity index (χ3v) is 9.35. The molecule has 0 spiro atoms. The van der Waals surface area contributed by atoms with Crippen LogP contribution in [-0.2, 0) is 19.0 Å². The van der Waals surface area contributed by atoms with Crippen LogP contribution in [0.25, 0.3) is 0 Å². The first kappa shape index (κ1) is 21.2. The van der Waals surface area contributed by atoms with Crippen LogP contribution in [0, 0.1) is 28.6 Å². The number of alkyl halides is 3. The Labute approximate surface area is 170 Å². The minimum atomic E-state index is -5.63. The van der Waals surface area contributed by atoms with E-state index in [4.69, 9.17) is 4.74 Å². The second-order valence-electron chi connectivity index (χ2n) is 9.60. The number of hydrogen-bond donors (Lipinski definition) is 0. The number of fused-ring (bicyclic) bond motifs is 5. The van der Waals surface area contributed by atoms with Crippen LogP contribution in [0.1, 0.15) is 58.8 Å². The highest BCUT2D eigenvalue weighted by atomic mass is 32.2. The van der Waals surface area contributed by atoms with Crippen molar-refractivity contribution < 1.29 is 30.5 Å². The number of ether oxygens (including phenoxy) is 1. The molecule has 0 aromatic rings. The SMILES string of the molecule is CO[C@H]1CC[C@@]2(C)C(=CCC3C2CC[C@]2(C)C(OS(=O)(=O)C(F)(F)F)=CCC32)C1. The molecule has 0 radical (unpaired) electrons. The van der Waals surface area contributed by atoms with E-state index in [1.165, 1.54) is 5.57 Å².